The summed E-state index contributed by atoms with van der Waals surface area (Å²) in [6.45, 7) is 5.16. The maximum atomic E-state index is 11.1. The van der Waals surface area contributed by atoms with Gasteiger partial charge in [0.05, 0.1) is 0 Å². The van der Waals surface area contributed by atoms with Gasteiger partial charge in [0.15, 0.2) is 6.10 Å². The standard InChI is InChI=1S/C10H18O5/c1-6-8(12-3)10(13-4,14-5)15-9(11)7-2/h7-8H,2,6H2,1,3-5H3. The minimum atomic E-state index is -1.52. The van der Waals surface area contributed by atoms with Gasteiger partial charge in [-0.05, 0) is 6.42 Å². The molecule has 15 heavy (non-hydrogen) atoms. The highest BCUT2D eigenvalue weighted by molar-refractivity contribution is 5.81. The molecule has 88 valence electrons. The molecule has 0 N–H and O–H groups in total. The summed E-state index contributed by atoms with van der Waals surface area (Å²) in [7, 11) is 4.24. The highest BCUT2D eigenvalue weighted by Gasteiger charge is 2.43. The van der Waals surface area contributed by atoms with Crippen molar-refractivity contribution in [2.75, 3.05) is 21.3 Å². The van der Waals surface area contributed by atoms with Crippen molar-refractivity contribution in [3.05, 3.63) is 12.7 Å². The van der Waals surface area contributed by atoms with E-state index in [9.17, 15) is 4.79 Å². The van der Waals surface area contributed by atoms with Crippen LogP contribution in [0.4, 0.5) is 0 Å². The predicted molar refractivity (Wildman–Crippen MR) is 54.1 cm³/mol. The highest BCUT2D eigenvalue weighted by atomic mass is 16.9. The van der Waals surface area contributed by atoms with Gasteiger partial charge < -0.3 is 18.9 Å². The summed E-state index contributed by atoms with van der Waals surface area (Å²) < 4.78 is 20.3. The van der Waals surface area contributed by atoms with Crippen LogP contribution in [0.5, 0.6) is 0 Å². The molecule has 0 aliphatic carbocycles. The van der Waals surface area contributed by atoms with Crippen LogP contribution in [0.3, 0.4) is 0 Å². The molecule has 5 heteroatoms. The van der Waals surface area contributed by atoms with Crippen LogP contribution in [-0.2, 0) is 23.7 Å². The van der Waals surface area contributed by atoms with Gasteiger partial charge in [0.2, 0.25) is 0 Å². The van der Waals surface area contributed by atoms with E-state index in [0.717, 1.165) is 6.08 Å². The lowest BCUT2D eigenvalue weighted by molar-refractivity contribution is -0.381. The van der Waals surface area contributed by atoms with Gasteiger partial charge in [0, 0.05) is 27.4 Å². The summed E-state index contributed by atoms with van der Waals surface area (Å²) in [5.74, 6) is -2.15. The largest absolute Gasteiger partial charge is 0.402 e. The van der Waals surface area contributed by atoms with Crippen molar-refractivity contribution in [1.82, 2.24) is 0 Å². The van der Waals surface area contributed by atoms with E-state index in [4.69, 9.17) is 18.9 Å². The van der Waals surface area contributed by atoms with Crippen molar-refractivity contribution in [3.8, 4) is 0 Å². The summed E-state index contributed by atoms with van der Waals surface area (Å²) >= 11 is 0. The van der Waals surface area contributed by atoms with Gasteiger partial charge in [-0.2, -0.15) is 0 Å². The molecule has 0 rings (SSSR count). The zero-order valence-corrected chi connectivity index (χ0v) is 9.61. The van der Waals surface area contributed by atoms with Crippen molar-refractivity contribution in [1.29, 1.82) is 0 Å². The monoisotopic (exact) mass is 218 g/mol. The van der Waals surface area contributed by atoms with Crippen molar-refractivity contribution in [3.63, 3.8) is 0 Å². The van der Waals surface area contributed by atoms with Crippen molar-refractivity contribution in [2.24, 2.45) is 0 Å². The van der Waals surface area contributed by atoms with E-state index in [0.29, 0.717) is 6.42 Å². The molecule has 5 nitrogen and oxygen atoms in total. The molecule has 0 saturated carbocycles. The van der Waals surface area contributed by atoms with Gasteiger partial charge in [-0.25, -0.2) is 4.79 Å². The first-order valence-electron chi connectivity index (χ1n) is 4.58. The fraction of sp³-hybridized carbons (Fsp3) is 0.700. The van der Waals surface area contributed by atoms with Gasteiger partial charge >= 0.3 is 11.9 Å². The third-order valence-corrected chi connectivity index (χ3v) is 2.03. The zero-order valence-electron chi connectivity index (χ0n) is 9.61. The van der Waals surface area contributed by atoms with Crippen molar-refractivity contribution < 1.29 is 23.7 Å². The van der Waals surface area contributed by atoms with E-state index in [-0.39, 0.29) is 0 Å². The Balaban J connectivity index is 4.84. The number of rotatable bonds is 7. The molecule has 0 spiro atoms. The molecule has 0 aliphatic heterocycles. The van der Waals surface area contributed by atoms with Crippen LogP contribution >= 0.6 is 0 Å². The average molecular weight is 218 g/mol. The molecule has 0 heterocycles. The van der Waals surface area contributed by atoms with Crippen LogP contribution in [0.1, 0.15) is 13.3 Å². The zero-order chi connectivity index (χ0) is 11.9. The molecule has 1 atom stereocenters. The van der Waals surface area contributed by atoms with E-state index >= 15 is 0 Å². The summed E-state index contributed by atoms with van der Waals surface area (Å²) in [4.78, 5) is 11.1. The number of carbonyl (C=O) groups is 1. The fourth-order valence-corrected chi connectivity index (χ4v) is 1.24. The van der Waals surface area contributed by atoms with Crippen LogP contribution in [0.15, 0.2) is 12.7 Å². The van der Waals surface area contributed by atoms with Gasteiger partial charge in [0.1, 0.15) is 0 Å². The summed E-state index contributed by atoms with van der Waals surface area (Å²) in [6.07, 6.45) is 1.11. The van der Waals surface area contributed by atoms with E-state index in [1.807, 2.05) is 6.92 Å². The Labute approximate surface area is 89.9 Å². The lowest BCUT2D eigenvalue weighted by atomic mass is 10.2. The Bertz CT molecular complexity index is 206. The molecule has 0 bridgehead atoms. The smallest absolute Gasteiger partial charge is 0.356 e. The Morgan fingerprint density at radius 1 is 1.40 bits per heavy atom. The van der Waals surface area contributed by atoms with Crippen molar-refractivity contribution in [2.45, 2.75) is 25.4 Å². The molecule has 0 aliphatic rings. The van der Waals surface area contributed by atoms with E-state index in [2.05, 4.69) is 6.58 Å². The Kier molecular flexibility index (Phi) is 6.15. The summed E-state index contributed by atoms with van der Waals surface area (Å²) in [6, 6.07) is 0. The number of hydrogen-bond donors (Lipinski definition) is 0. The number of esters is 1. The SMILES string of the molecule is C=CC(=O)OC(OC)(OC)C(CC)OC. The second-order valence-electron chi connectivity index (χ2n) is 2.77. The minimum absolute atomic E-state index is 0.503. The van der Waals surface area contributed by atoms with Crippen LogP contribution in [0.25, 0.3) is 0 Å². The van der Waals surface area contributed by atoms with Crippen molar-refractivity contribution >= 4 is 5.97 Å². The molecule has 0 aromatic heterocycles. The second-order valence-corrected chi connectivity index (χ2v) is 2.77. The number of carbonyl (C=O) groups excluding carboxylic acids is 1. The number of hydrogen-bond acceptors (Lipinski definition) is 5. The third kappa shape index (κ3) is 3.30. The summed E-state index contributed by atoms with van der Waals surface area (Å²) in [5, 5.41) is 0. The third-order valence-electron chi connectivity index (χ3n) is 2.03. The van der Waals surface area contributed by atoms with E-state index in [1.165, 1.54) is 21.3 Å². The second kappa shape index (κ2) is 6.55. The lowest BCUT2D eigenvalue weighted by Crippen LogP contribution is -2.50. The van der Waals surface area contributed by atoms with E-state index < -0.39 is 18.0 Å². The first-order valence-corrected chi connectivity index (χ1v) is 4.58. The Hall–Kier alpha value is -0.910. The first-order chi connectivity index (χ1) is 7.10. The predicted octanol–water partition coefficient (Wildman–Crippen LogP) is 1.09. The number of ether oxygens (including phenoxy) is 4. The number of methoxy groups -OCH3 is 3. The van der Waals surface area contributed by atoms with Gasteiger partial charge in [-0.1, -0.05) is 13.5 Å². The van der Waals surface area contributed by atoms with E-state index in [1.54, 1.807) is 0 Å². The molecule has 0 saturated heterocycles. The maximum absolute atomic E-state index is 11.1. The average Bonchev–Trinajstić information content (AvgIpc) is 2.28. The molecular formula is C10H18O5. The van der Waals surface area contributed by atoms with Crippen LogP contribution in [-0.4, -0.2) is 39.4 Å². The van der Waals surface area contributed by atoms with Crippen LogP contribution in [0, 0.1) is 0 Å². The summed E-state index contributed by atoms with van der Waals surface area (Å²) in [5.41, 5.74) is 0. The highest BCUT2D eigenvalue weighted by Crippen LogP contribution is 2.23. The maximum Gasteiger partial charge on any atom is 0.356 e. The molecule has 0 aromatic carbocycles. The molecule has 0 radical (unpaired) electrons. The first kappa shape index (κ1) is 14.1. The Morgan fingerprint density at radius 2 is 1.93 bits per heavy atom. The van der Waals surface area contributed by atoms with Gasteiger partial charge in [0.25, 0.3) is 0 Å². The molecular weight excluding hydrogens is 200 g/mol. The topological polar surface area (TPSA) is 54.0 Å². The van der Waals surface area contributed by atoms with Gasteiger partial charge in [-0.15, -0.1) is 0 Å². The quantitative estimate of drug-likeness (QED) is 0.363. The molecule has 0 aromatic rings. The Morgan fingerprint density at radius 3 is 2.20 bits per heavy atom. The van der Waals surface area contributed by atoms with Crippen LogP contribution in [0.2, 0.25) is 0 Å². The molecule has 0 fully saturated rings. The molecule has 0 amide bonds. The minimum Gasteiger partial charge on any atom is -0.402 e. The lowest BCUT2D eigenvalue weighted by Gasteiger charge is -2.34. The molecule has 1 unspecified atom stereocenters. The van der Waals surface area contributed by atoms with Gasteiger partial charge in [-0.3, -0.25) is 0 Å². The van der Waals surface area contributed by atoms with Crippen LogP contribution < -0.4 is 0 Å². The normalized spacial score (nSPS) is 13.3. The fourth-order valence-electron chi connectivity index (χ4n) is 1.24.